The zero-order chi connectivity index (χ0) is 12.3. The fraction of sp³-hybridized carbons (Fsp3) is 0. The number of nitro benzene ring substituents is 1. The topological polar surface area (TPSA) is 118 Å². The number of benzene rings is 1. The average molecular weight is 231 g/mol. The Kier molecular flexibility index (Phi) is 2.71. The minimum absolute atomic E-state index is 0.00693. The van der Waals surface area contributed by atoms with Gasteiger partial charge in [-0.1, -0.05) is 0 Å². The minimum Gasteiger partial charge on any atom is -0.443 e. The third-order valence-corrected chi connectivity index (χ3v) is 2.00. The summed E-state index contributed by atoms with van der Waals surface area (Å²) in [6, 6.07) is 5.70. The molecule has 0 spiro atoms. The molecule has 0 radical (unpaired) electrons. The number of rotatable bonds is 3. The van der Waals surface area contributed by atoms with Crippen LogP contribution in [0.3, 0.4) is 0 Å². The van der Waals surface area contributed by atoms with Crippen LogP contribution in [0.25, 0.3) is 21.7 Å². The van der Waals surface area contributed by atoms with Gasteiger partial charge in [0.15, 0.2) is 0 Å². The molecule has 0 saturated heterocycles. The van der Waals surface area contributed by atoms with Gasteiger partial charge in [0, 0.05) is 22.6 Å². The van der Waals surface area contributed by atoms with Gasteiger partial charge in [-0.05, 0) is 22.8 Å². The quantitative estimate of drug-likeness (QED) is 0.265. The van der Waals surface area contributed by atoms with E-state index < -0.39 is 4.92 Å². The molecular formula is C9H5N5O3. The number of nitro groups is 1. The van der Waals surface area contributed by atoms with Crippen molar-refractivity contribution in [3.63, 3.8) is 0 Å². The van der Waals surface area contributed by atoms with E-state index >= 15 is 0 Å². The zero-order valence-electron chi connectivity index (χ0n) is 8.35. The van der Waals surface area contributed by atoms with Crippen LogP contribution in [0.1, 0.15) is 0 Å². The summed E-state index contributed by atoms with van der Waals surface area (Å²) in [5.41, 5.74) is 9.26. The van der Waals surface area contributed by atoms with Gasteiger partial charge in [-0.15, -0.1) is 0 Å². The third-order valence-electron chi connectivity index (χ3n) is 2.00. The first-order valence-electron chi connectivity index (χ1n) is 4.46. The second-order valence-electron chi connectivity index (χ2n) is 3.01. The number of nitrogens with zero attached hydrogens (tertiary/aromatic N) is 5. The molecule has 0 aliphatic carbocycles. The summed E-state index contributed by atoms with van der Waals surface area (Å²) < 4.78 is 4.87. The Labute approximate surface area is 94.3 Å². The zero-order valence-corrected chi connectivity index (χ0v) is 8.35. The minimum atomic E-state index is -0.488. The van der Waals surface area contributed by atoms with Gasteiger partial charge in [-0.2, -0.15) is 0 Å². The lowest BCUT2D eigenvalue weighted by atomic mass is 10.1. The lowest BCUT2D eigenvalue weighted by molar-refractivity contribution is -0.384. The molecule has 0 amide bonds. The number of oxazole rings is 1. The molecular weight excluding hydrogens is 226 g/mol. The summed E-state index contributed by atoms with van der Waals surface area (Å²) in [6.45, 7) is 0. The van der Waals surface area contributed by atoms with Crippen LogP contribution in [-0.2, 0) is 0 Å². The van der Waals surface area contributed by atoms with Crippen molar-refractivity contribution in [3.05, 3.63) is 51.1 Å². The lowest BCUT2D eigenvalue weighted by Gasteiger charge is -1.94. The van der Waals surface area contributed by atoms with Crippen molar-refractivity contribution in [2.75, 3.05) is 0 Å². The second-order valence-corrected chi connectivity index (χ2v) is 3.01. The van der Waals surface area contributed by atoms with Crippen LogP contribution < -0.4 is 0 Å². The molecule has 2 aromatic rings. The molecule has 0 aliphatic heterocycles. The molecule has 1 heterocycles. The average Bonchev–Trinajstić information content (AvgIpc) is 2.78. The summed E-state index contributed by atoms with van der Waals surface area (Å²) >= 11 is 0. The van der Waals surface area contributed by atoms with Crippen LogP contribution in [0, 0.1) is 10.1 Å². The molecule has 0 N–H and O–H groups in total. The number of hydrogen-bond donors (Lipinski definition) is 0. The number of hydrogen-bond acceptors (Lipinski definition) is 5. The first-order chi connectivity index (χ1) is 8.20. The molecule has 1 aromatic heterocycles. The SMILES string of the molecule is [N-]=[N+]=Nc1nc(-c2ccc([N+](=O)[O-])cc2)co1. The molecule has 8 heteroatoms. The Morgan fingerprint density at radius 3 is 2.71 bits per heavy atom. The van der Waals surface area contributed by atoms with Crippen LogP contribution in [-0.4, -0.2) is 9.91 Å². The van der Waals surface area contributed by atoms with Crippen LogP contribution in [0.2, 0.25) is 0 Å². The molecule has 0 bridgehead atoms. The van der Waals surface area contributed by atoms with E-state index in [1.807, 2.05) is 0 Å². The van der Waals surface area contributed by atoms with Crippen molar-refractivity contribution in [1.29, 1.82) is 0 Å². The summed E-state index contributed by atoms with van der Waals surface area (Å²) in [6.07, 6.45) is 1.31. The van der Waals surface area contributed by atoms with Gasteiger partial charge < -0.3 is 4.42 Å². The maximum atomic E-state index is 10.5. The first-order valence-corrected chi connectivity index (χ1v) is 4.46. The highest BCUT2D eigenvalue weighted by Crippen LogP contribution is 2.24. The van der Waals surface area contributed by atoms with E-state index in [1.165, 1.54) is 30.5 Å². The predicted octanol–water partition coefficient (Wildman–Crippen LogP) is 3.19. The fourth-order valence-corrected chi connectivity index (χ4v) is 1.23. The predicted molar refractivity (Wildman–Crippen MR) is 57.4 cm³/mol. The van der Waals surface area contributed by atoms with Crippen LogP contribution in [0.15, 0.2) is 40.1 Å². The highest BCUT2D eigenvalue weighted by atomic mass is 16.6. The maximum Gasteiger partial charge on any atom is 0.284 e. The van der Waals surface area contributed by atoms with E-state index in [0.29, 0.717) is 11.3 Å². The second kappa shape index (κ2) is 4.33. The van der Waals surface area contributed by atoms with Gasteiger partial charge in [-0.25, -0.2) is 4.98 Å². The smallest absolute Gasteiger partial charge is 0.284 e. The molecule has 17 heavy (non-hydrogen) atoms. The van der Waals surface area contributed by atoms with Crippen molar-refractivity contribution in [3.8, 4) is 11.3 Å². The standard InChI is InChI=1S/C9H5N5O3/c10-13-12-9-11-8(5-17-9)6-1-3-7(4-2-6)14(15)16/h1-5H. The van der Waals surface area contributed by atoms with E-state index in [0.717, 1.165) is 0 Å². The number of non-ortho nitro benzene ring substituents is 1. The van der Waals surface area contributed by atoms with Crippen molar-refractivity contribution in [2.24, 2.45) is 5.11 Å². The van der Waals surface area contributed by atoms with Gasteiger partial charge >= 0.3 is 0 Å². The highest BCUT2D eigenvalue weighted by molar-refractivity contribution is 5.60. The third kappa shape index (κ3) is 2.21. The monoisotopic (exact) mass is 231 g/mol. The van der Waals surface area contributed by atoms with Gasteiger partial charge in [0.05, 0.1) is 4.92 Å². The highest BCUT2D eigenvalue weighted by Gasteiger charge is 2.08. The Morgan fingerprint density at radius 1 is 1.41 bits per heavy atom. The molecule has 0 fully saturated rings. The van der Waals surface area contributed by atoms with Gasteiger partial charge in [0.25, 0.3) is 11.7 Å². The van der Waals surface area contributed by atoms with Gasteiger partial charge in [-0.3, -0.25) is 10.1 Å². The Hall–Kier alpha value is -2.86. The maximum absolute atomic E-state index is 10.5. The van der Waals surface area contributed by atoms with E-state index in [-0.39, 0.29) is 11.7 Å². The van der Waals surface area contributed by atoms with E-state index in [4.69, 9.17) is 9.95 Å². The molecule has 84 valence electrons. The lowest BCUT2D eigenvalue weighted by Crippen LogP contribution is -1.87. The van der Waals surface area contributed by atoms with Crippen molar-refractivity contribution >= 4 is 11.7 Å². The first kappa shape index (κ1) is 10.7. The summed E-state index contributed by atoms with van der Waals surface area (Å²) in [5, 5.41) is 13.6. The number of aromatic nitrogens is 1. The van der Waals surface area contributed by atoms with Crippen LogP contribution in [0.4, 0.5) is 11.7 Å². The van der Waals surface area contributed by atoms with Crippen LogP contribution in [0.5, 0.6) is 0 Å². The molecule has 8 nitrogen and oxygen atoms in total. The Morgan fingerprint density at radius 2 is 2.12 bits per heavy atom. The molecule has 0 atom stereocenters. The normalized spacial score (nSPS) is 9.65. The Balaban J connectivity index is 2.32. The van der Waals surface area contributed by atoms with Crippen molar-refractivity contribution in [2.45, 2.75) is 0 Å². The Bertz CT molecular complexity index is 597. The number of azide groups is 1. The van der Waals surface area contributed by atoms with Gasteiger partial charge in [0.2, 0.25) is 0 Å². The van der Waals surface area contributed by atoms with Crippen LogP contribution >= 0.6 is 0 Å². The van der Waals surface area contributed by atoms with E-state index in [9.17, 15) is 10.1 Å². The molecule has 1 aromatic carbocycles. The molecule has 0 unspecified atom stereocenters. The van der Waals surface area contributed by atoms with Crippen molar-refractivity contribution in [1.82, 2.24) is 4.98 Å². The van der Waals surface area contributed by atoms with E-state index in [1.54, 1.807) is 0 Å². The molecule has 0 saturated carbocycles. The van der Waals surface area contributed by atoms with E-state index in [2.05, 4.69) is 15.0 Å². The largest absolute Gasteiger partial charge is 0.443 e. The summed E-state index contributed by atoms with van der Waals surface area (Å²) in [7, 11) is 0. The summed E-state index contributed by atoms with van der Waals surface area (Å²) in [5.74, 6) is 0. The molecule has 2 rings (SSSR count). The summed E-state index contributed by atoms with van der Waals surface area (Å²) in [4.78, 5) is 16.4. The van der Waals surface area contributed by atoms with Crippen molar-refractivity contribution < 1.29 is 9.34 Å². The molecule has 0 aliphatic rings. The fourth-order valence-electron chi connectivity index (χ4n) is 1.23. The van der Waals surface area contributed by atoms with Gasteiger partial charge in [0.1, 0.15) is 12.0 Å².